The second-order valence-electron chi connectivity index (χ2n) is 7.17. The highest BCUT2D eigenvalue weighted by Gasteiger charge is 2.43. The first kappa shape index (κ1) is 25.7. The highest BCUT2D eigenvalue weighted by atomic mass is 32.2. The standard InChI is InChI=1S/C19H28N2O8S2/c22-7-10-30-17(31-11-8-23)12-15-14(18(25)20-15)4-9-28-29-16(24)13-19(21(26)27)5-2-1-3-6-19/h1-3,5,14-15,17,22-23H,4,6-13H2,(H,20,25)/t14-,15-,19?/m0/s1. The van der Waals surface area contributed by atoms with E-state index >= 15 is 0 Å². The van der Waals surface area contributed by atoms with E-state index in [1.165, 1.54) is 12.2 Å². The molecule has 1 fully saturated rings. The average molecular weight is 477 g/mol. The molecule has 1 amide bonds. The molecule has 10 nitrogen and oxygen atoms in total. The van der Waals surface area contributed by atoms with Gasteiger partial charge >= 0.3 is 5.97 Å². The van der Waals surface area contributed by atoms with Gasteiger partial charge in [0.05, 0.1) is 30.3 Å². The van der Waals surface area contributed by atoms with Gasteiger partial charge in [-0.1, -0.05) is 18.2 Å². The molecule has 3 N–H and O–H groups in total. The van der Waals surface area contributed by atoms with Crippen molar-refractivity contribution in [3.8, 4) is 0 Å². The molecule has 12 heteroatoms. The zero-order valence-electron chi connectivity index (χ0n) is 17.0. The Hall–Kier alpha value is -1.60. The average Bonchev–Trinajstić information content (AvgIpc) is 2.75. The van der Waals surface area contributed by atoms with Crippen LogP contribution in [0.25, 0.3) is 0 Å². The molecule has 1 aliphatic heterocycles. The van der Waals surface area contributed by atoms with Gasteiger partial charge in [0.15, 0.2) is 0 Å². The molecule has 1 saturated heterocycles. The maximum absolute atomic E-state index is 12.0. The summed E-state index contributed by atoms with van der Waals surface area (Å²) in [6.45, 7) is 0.119. The molecule has 0 aromatic carbocycles. The number of nitrogens with one attached hydrogen (secondary N) is 1. The van der Waals surface area contributed by atoms with Crippen LogP contribution in [0.3, 0.4) is 0 Å². The van der Waals surface area contributed by atoms with E-state index in [0.29, 0.717) is 24.3 Å². The van der Waals surface area contributed by atoms with Crippen molar-refractivity contribution >= 4 is 35.4 Å². The van der Waals surface area contributed by atoms with Crippen LogP contribution in [-0.4, -0.2) is 74.5 Å². The fourth-order valence-electron chi connectivity index (χ4n) is 3.34. The summed E-state index contributed by atoms with van der Waals surface area (Å²) >= 11 is 3.16. The van der Waals surface area contributed by atoms with Crippen LogP contribution in [-0.2, 0) is 19.4 Å². The largest absolute Gasteiger partial charge is 0.396 e. The van der Waals surface area contributed by atoms with Crippen molar-refractivity contribution in [2.45, 2.75) is 41.8 Å². The van der Waals surface area contributed by atoms with E-state index in [0.717, 1.165) is 0 Å². The number of hydrogen-bond donors (Lipinski definition) is 3. The molecule has 0 aromatic heterocycles. The minimum absolute atomic E-state index is 0.000233. The Kier molecular flexibility index (Phi) is 10.8. The summed E-state index contributed by atoms with van der Waals surface area (Å²) in [7, 11) is 0. The van der Waals surface area contributed by atoms with E-state index in [9.17, 15) is 19.7 Å². The minimum atomic E-state index is -1.53. The molecule has 0 radical (unpaired) electrons. The lowest BCUT2D eigenvalue weighted by atomic mass is 9.86. The molecule has 1 unspecified atom stereocenters. The Labute approximate surface area is 188 Å². The molecule has 0 bridgehead atoms. The van der Waals surface area contributed by atoms with Crippen LogP contribution in [0.4, 0.5) is 0 Å². The normalized spacial score (nSPS) is 24.7. The lowest BCUT2D eigenvalue weighted by molar-refractivity contribution is -0.554. The van der Waals surface area contributed by atoms with Crippen LogP contribution in [0, 0.1) is 16.0 Å². The van der Waals surface area contributed by atoms with Gasteiger partial charge in [-0.05, 0) is 18.9 Å². The number of rotatable bonds is 15. The third kappa shape index (κ3) is 7.79. The van der Waals surface area contributed by atoms with Crippen LogP contribution in [0.2, 0.25) is 0 Å². The van der Waals surface area contributed by atoms with Gasteiger partial charge in [-0.25, -0.2) is 4.79 Å². The number of allylic oxidation sites excluding steroid dienone is 2. The second-order valence-corrected chi connectivity index (χ2v) is 10.1. The number of aliphatic hydroxyl groups is 2. The number of carbonyl (C=O) groups excluding carboxylic acids is 2. The molecular formula is C19H28N2O8S2. The maximum Gasteiger partial charge on any atom is 0.349 e. The molecule has 0 aromatic rings. The van der Waals surface area contributed by atoms with Crippen molar-refractivity contribution in [2.24, 2.45) is 5.92 Å². The number of hydrogen-bond acceptors (Lipinski definition) is 10. The molecule has 0 saturated carbocycles. The first-order valence-corrected chi connectivity index (χ1v) is 12.1. The summed E-state index contributed by atoms with van der Waals surface area (Å²) in [5.41, 5.74) is -1.53. The zero-order valence-corrected chi connectivity index (χ0v) is 18.6. The molecule has 174 valence electrons. The quantitative estimate of drug-likeness (QED) is 0.0782. The SMILES string of the molecule is O=C(CC1([N+](=O)[O-])C=CC=CC1)OOCC[C@@H]1C(=O)N[C@H]1CC(SCCO)SCCO. The smallest absolute Gasteiger partial charge is 0.349 e. The summed E-state index contributed by atoms with van der Waals surface area (Å²) in [5.74, 6) is -0.0902. The van der Waals surface area contributed by atoms with E-state index in [4.69, 9.17) is 20.0 Å². The lowest BCUT2D eigenvalue weighted by Crippen LogP contribution is -2.59. The Bertz CT molecular complexity index is 682. The molecule has 2 aliphatic rings. The third-order valence-electron chi connectivity index (χ3n) is 4.99. The maximum atomic E-state index is 12.0. The van der Waals surface area contributed by atoms with Crippen LogP contribution in [0.15, 0.2) is 24.3 Å². The predicted molar refractivity (Wildman–Crippen MR) is 117 cm³/mol. The fraction of sp³-hybridized carbons (Fsp3) is 0.684. The second kappa shape index (κ2) is 13.1. The number of thioether (sulfide) groups is 2. The van der Waals surface area contributed by atoms with Crippen LogP contribution in [0.1, 0.15) is 25.7 Å². The van der Waals surface area contributed by atoms with Gasteiger partial charge in [0, 0.05) is 28.9 Å². The van der Waals surface area contributed by atoms with Gasteiger partial charge in [-0.3, -0.25) is 19.8 Å². The summed E-state index contributed by atoms with van der Waals surface area (Å²) < 4.78 is 0.127. The number of amides is 1. The topological polar surface area (TPSA) is 148 Å². The summed E-state index contributed by atoms with van der Waals surface area (Å²) in [5, 5.41) is 32.3. The summed E-state index contributed by atoms with van der Waals surface area (Å²) in [6.07, 6.45) is 6.87. The molecule has 1 heterocycles. The number of carbonyl (C=O) groups is 2. The van der Waals surface area contributed by atoms with Crippen molar-refractivity contribution in [3.63, 3.8) is 0 Å². The Balaban J connectivity index is 1.73. The van der Waals surface area contributed by atoms with Gasteiger partial charge in [0.1, 0.15) is 6.42 Å². The zero-order chi connectivity index (χ0) is 22.7. The number of aliphatic hydroxyl groups excluding tert-OH is 2. The number of nitrogens with zero attached hydrogens (tertiary/aromatic N) is 1. The molecule has 0 spiro atoms. The van der Waals surface area contributed by atoms with Gasteiger partial charge in [0.2, 0.25) is 5.91 Å². The van der Waals surface area contributed by atoms with E-state index in [2.05, 4.69) is 5.32 Å². The predicted octanol–water partition coefficient (Wildman–Crippen LogP) is 1.05. The molecule has 2 rings (SSSR count). The van der Waals surface area contributed by atoms with E-state index in [1.54, 1.807) is 35.7 Å². The van der Waals surface area contributed by atoms with Crippen molar-refractivity contribution in [3.05, 3.63) is 34.4 Å². The lowest BCUT2D eigenvalue weighted by Gasteiger charge is -2.38. The van der Waals surface area contributed by atoms with Gasteiger partial charge in [0.25, 0.3) is 5.54 Å². The van der Waals surface area contributed by atoms with E-state index in [1.807, 2.05) is 0 Å². The fourth-order valence-corrected chi connectivity index (χ4v) is 5.72. The highest BCUT2D eigenvalue weighted by molar-refractivity contribution is 8.17. The molecular weight excluding hydrogens is 448 g/mol. The van der Waals surface area contributed by atoms with Gasteiger partial charge in [-0.2, -0.15) is 4.89 Å². The Morgan fingerprint density at radius 2 is 2.03 bits per heavy atom. The molecule has 31 heavy (non-hydrogen) atoms. The van der Waals surface area contributed by atoms with Crippen LogP contribution < -0.4 is 5.32 Å². The van der Waals surface area contributed by atoms with Crippen molar-refractivity contribution in [1.82, 2.24) is 5.32 Å². The van der Waals surface area contributed by atoms with Crippen LogP contribution >= 0.6 is 23.5 Å². The van der Waals surface area contributed by atoms with E-state index < -0.39 is 22.9 Å². The first-order chi connectivity index (χ1) is 14.9. The summed E-state index contributed by atoms with van der Waals surface area (Å²) in [6, 6.07) is -0.0638. The van der Waals surface area contributed by atoms with Crippen molar-refractivity contribution in [2.75, 3.05) is 31.3 Å². The highest BCUT2D eigenvalue weighted by Crippen LogP contribution is 2.33. The molecule has 1 aliphatic carbocycles. The van der Waals surface area contributed by atoms with Crippen molar-refractivity contribution < 1.29 is 34.5 Å². The van der Waals surface area contributed by atoms with Gasteiger partial charge in [-0.15, -0.1) is 23.5 Å². The van der Waals surface area contributed by atoms with Crippen LogP contribution in [0.5, 0.6) is 0 Å². The summed E-state index contributed by atoms with van der Waals surface area (Å²) in [4.78, 5) is 44.4. The minimum Gasteiger partial charge on any atom is -0.396 e. The first-order valence-electron chi connectivity index (χ1n) is 9.98. The Morgan fingerprint density at radius 3 is 2.58 bits per heavy atom. The van der Waals surface area contributed by atoms with E-state index in [-0.39, 0.29) is 48.7 Å². The molecule has 3 atom stereocenters. The van der Waals surface area contributed by atoms with Crippen molar-refractivity contribution in [1.29, 1.82) is 0 Å². The third-order valence-corrected chi connectivity index (χ3v) is 7.77. The Morgan fingerprint density at radius 1 is 1.32 bits per heavy atom. The number of nitro groups is 1. The monoisotopic (exact) mass is 476 g/mol. The van der Waals surface area contributed by atoms with Gasteiger partial charge < -0.3 is 15.5 Å². The number of β-lactam (4-membered cyclic amide) rings is 1.